The van der Waals surface area contributed by atoms with Crippen molar-refractivity contribution in [3.05, 3.63) is 0 Å². The summed E-state index contributed by atoms with van der Waals surface area (Å²) in [6.45, 7) is 13.7. The summed E-state index contributed by atoms with van der Waals surface area (Å²) >= 11 is 0. The number of carboxylic acid groups (broad SMARTS) is 1. The molecule has 566 valence electrons. The zero-order valence-electron chi connectivity index (χ0n) is 59.2. The first kappa shape index (κ1) is 90.3. The zero-order chi connectivity index (χ0) is 75.3. The number of unbranched alkanes of at least 4 members (excludes halogenated alkanes) is 3. The van der Waals surface area contributed by atoms with Gasteiger partial charge >= 0.3 is 5.97 Å². The number of rotatable bonds is 53. The second-order valence-electron chi connectivity index (χ2n) is 25.4. The number of nitrogens with zero attached hydrogens (tertiary/aromatic N) is 3. The van der Waals surface area contributed by atoms with Crippen LogP contribution in [0.25, 0.3) is 0 Å². The van der Waals surface area contributed by atoms with Gasteiger partial charge in [-0.05, 0) is 160 Å². The number of carbonyl (C=O) groups excluding carboxylic acids is 11. The van der Waals surface area contributed by atoms with Gasteiger partial charge in [-0.1, -0.05) is 48.0 Å². The minimum absolute atomic E-state index is 0.0183. The van der Waals surface area contributed by atoms with E-state index < -0.39 is 150 Å². The summed E-state index contributed by atoms with van der Waals surface area (Å²) in [6, 6.07) is -14.2. The van der Waals surface area contributed by atoms with Crippen LogP contribution in [-0.2, 0) is 57.5 Å². The number of aliphatic carboxylic acids is 1. The molecule has 0 aromatic heterocycles. The summed E-state index contributed by atoms with van der Waals surface area (Å²) in [5.74, 6) is -11.5. The van der Waals surface area contributed by atoms with E-state index in [9.17, 15) is 62.6 Å². The van der Waals surface area contributed by atoms with E-state index in [0.717, 1.165) is 0 Å². The van der Waals surface area contributed by atoms with Gasteiger partial charge in [-0.15, -0.1) is 0 Å². The number of nitrogens with one attached hydrogen (secondary N) is 11. The number of guanidine groups is 3. The molecule has 12 unspecified atom stereocenters. The Hall–Kier alpha value is -8.71. The van der Waals surface area contributed by atoms with Gasteiger partial charge in [0.25, 0.3) is 0 Å². The SMILES string of the molecule is CCC(C)C(NC(=O)C(CCCCN)NC(=O)C(CCCN=C(N)N)NC(=O)C(C)NC(=O)C(CC(C)C)NC(=O)C(CCCCN)NC(=O)C(CCCCN)NC(=O)C(CC(C)C)NC(=O)C(CCCN=C(N)N)NC(=O)C(CCCN=C(N)N)NC(=O)CN)C(=O)NC(C)C(=O)O. The van der Waals surface area contributed by atoms with Crippen LogP contribution in [0.1, 0.15) is 171 Å². The largest absolute Gasteiger partial charge is 0.480 e. The molecule has 0 rings (SSSR count). The van der Waals surface area contributed by atoms with E-state index in [0.29, 0.717) is 44.9 Å². The molecule has 0 aliphatic carbocycles. The number of aliphatic imine (C=N–C) groups is 3. The van der Waals surface area contributed by atoms with Gasteiger partial charge in [0.15, 0.2) is 17.9 Å². The monoisotopic (exact) mass is 1410 g/mol. The Balaban J connectivity index is 7.09. The number of hydrogen-bond donors (Lipinski definition) is 22. The molecule has 37 nitrogen and oxygen atoms in total. The third kappa shape index (κ3) is 39.5. The average Bonchev–Trinajstić information content (AvgIpc) is 0.906. The molecule has 0 heterocycles. The molecule has 32 N–H and O–H groups in total. The number of carbonyl (C=O) groups is 12. The lowest BCUT2D eigenvalue weighted by molar-refractivity contribution is -0.142. The molecule has 0 aromatic rings. The molecule has 0 aliphatic rings. The first-order valence-electron chi connectivity index (χ1n) is 34.2. The molecule has 11 amide bonds. The third-order valence-electron chi connectivity index (χ3n) is 15.6. The Bertz CT molecular complexity index is 2640. The summed E-state index contributed by atoms with van der Waals surface area (Å²) in [7, 11) is 0. The molecular weight excluding hydrogens is 1290 g/mol. The lowest BCUT2D eigenvalue weighted by Gasteiger charge is -2.29. The van der Waals surface area contributed by atoms with Gasteiger partial charge in [0, 0.05) is 19.6 Å². The molecule has 99 heavy (non-hydrogen) atoms. The van der Waals surface area contributed by atoms with E-state index in [1.165, 1.54) is 13.8 Å². The van der Waals surface area contributed by atoms with Gasteiger partial charge in [-0.3, -0.25) is 72.5 Å². The van der Waals surface area contributed by atoms with Crippen molar-refractivity contribution in [3.8, 4) is 0 Å². The fraction of sp³-hybridized carbons (Fsp3) is 0.758. The van der Waals surface area contributed by atoms with Gasteiger partial charge in [-0.2, -0.15) is 0 Å². The maximum absolute atomic E-state index is 14.6. The van der Waals surface area contributed by atoms with E-state index in [4.69, 9.17) is 57.3 Å². The van der Waals surface area contributed by atoms with E-state index in [1.54, 1.807) is 41.5 Å². The molecule has 0 saturated carbocycles. The first-order valence-corrected chi connectivity index (χ1v) is 34.2. The summed E-state index contributed by atoms with van der Waals surface area (Å²) in [5, 5.41) is 38.6. The van der Waals surface area contributed by atoms with Crippen molar-refractivity contribution in [2.45, 2.75) is 237 Å². The quantitative estimate of drug-likeness (QED) is 0.0153. The molecule has 12 atom stereocenters. The summed E-state index contributed by atoms with van der Waals surface area (Å²) in [4.78, 5) is 178. The Morgan fingerprint density at radius 3 is 0.899 bits per heavy atom. The van der Waals surface area contributed by atoms with Crippen molar-refractivity contribution in [1.82, 2.24) is 58.5 Å². The predicted octanol–water partition coefficient (Wildman–Crippen LogP) is -5.91. The van der Waals surface area contributed by atoms with Crippen molar-refractivity contribution in [1.29, 1.82) is 0 Å². The van der Waals surface area contributed by atoms with E-state index in [2.05, 4.69) is 73.5 Å². The number of carboxylic acids is 1. The number of nitrogens with two attached hydrogens (primary N) is 10. The predicted molar refractivity (Wildman–Crippen MR) is 376 cm³/mol. The number of amides is 11. The van der Waals surface area contributed by atoms with Gasteiger partial charge in [0.2, 0.25) is 65.0 Å². The van der Waals surface area contributed by atoms with Crippen molar-refractivity contribution in [2.24, 2.45) is 90.1 Å². The molecule has 0 aromatic carbocycles. The van der Waals surface area contributed by atoms with Gasteiger partial charge in [-0.25, -0.2) is 0 Å². The highest BCUT2D eigenvalue weighted by atomic mass is 16.4. The van der Waals surface area contributed by atoms with Crippen molar-refractivity contribution < 1.29 is 62.6 Å². The van der Waals surface area contributed by atoms with Gasteiger partial charge in [0.1, 0.15) is 66.5 Å². The Morgan fingerprint density at radius 1 is 0.333 bits per heavy atom. The molecule has 37 heteroatoms. The Kier molecular flexibility index (Phi) is 46.1. The maximum atomic E-state index is 14.6. The molecule has 0 saturated heterocycles. The van der Waals surface area contributed by atoms with Crippen LogP contribution in [0.3, 0.4) is 0 Å². The summed E-state index contributed by atoms with van der Waals surface area (Å²) < 4.78 is 0. The minimum atomic E-state index is -1.37. The Morgan fingerprint density at radius 2 is 0.606 bits per heavy atom. The lowest BCUT2D eigenvalue weighted by atomic mass is 9.97. The second-order valence-corrected chi connectivity index (χ2v) is 25.4. The third-order valence-corrected chi connectivity index (χ3v) is 15.6. The first-order chi connectivity index (χ1) is 46.7. The van der Waals surface area contributed by atoms with Crippen LogP contribution in [-0.4, -0.2) is 206 Å². The molecule has 0 aliphatic heterocycles. The van der Waals surface area contributed by atoms with Crippen LogP contribution < -0.4 is 116 Å². The second kappa shape index (κ2) is 50.6. The Labute approximate surface area is 581 Å². The van der Waals surface area contributed by atoms with Crippen LogP contribution in [0.5, 0.6) is 0 Å². The van der Waals surface area contributed by atoms with Crippen molar-refractivity contribution in [3.63, 3.8) is 0 Å². The maximum Gasteiger partial charge on any atom is 0.325 e. The standard InChI is InChI=1S/C62H120N24O13/c1-9-36(6)48(58(97)77-38(8)59(98)99)86-55(94)42(21-12-15-27-65)81-52(91)43(23-17-29-74-61(69)70)79-49(88)37(7)76-56(95)45(31-34(2)3)84-53(92)41(20-11-14-26-64)80-51(90)40(19-10-13-25-63)83-57(96)46(32-35(4)5)85-54(93)44(24-18-30-75-62(71)72)82-50(89)39(78-47(87)33-66)22-16-28-73-60(67)68/h34-46,48H,9-33,63-66H2,1-8H3,(H,76,95)(H,77,97)(H,78,87)(H,79,88)(H,80,90)(H,81,91)(H,82,89)(H,83,96)(H,84,92)(H,85,93)(H,86,94)(H,98,99)(H4,67,68,73)(H4,69,70,74)(H4,71,72,75). The van der Waals surface area contributed by atoms with Crippen LogP contribution in [0, 0.1) is 17.8 Å². The highest BCUT2D eigenvalue weighted by molar-refractivity contribution is 5.99. The average molecular weight is 1410 g/mol. The molecule has 0 bridgehead atoms. The molecule has 0 fully saturated rings. The summed E-state index contributed by atoms with van der Waals surface area (Å²) in [6.07, 6.45) is 3.38. The topological polar surface area (TPSA) is 655 Å². The van der Waals surface area contributed by atoms with Crippen LogP contribution in [0.2, 0.25) is 0 Å². The molecular formula is C62H120N24O13. The fourth-order valence-electron chi connectivity index (χ4n) is 9.89. The zero-order valence-corrected chi connectivity index (χ0v) is 59.2. The van der Waals surface area contributed by atoms with Crippen LogP contribution >= 0.6 is 0 Å². The van der Waals surface area contributed by atoms with Crippen molar-refractivity contribution >= 4 is 88.8 Å². The molecule has 0 spiro atoms. The minimum Gasteiger partial charge on any atom is -0.480 e. The van der Waals surface area contributed by atoms with E-state index in [-0.39, 0.29) is 140 Å². The fourth-order valence-corrected chi connectivity index (χ4v) is 9.89. The highest BCUT2D eigenvalue weighted by Gasteiger charge is 2.37. The van der Waals surface area contributed by atoms with Gasteiger partial charge < -0.3 is 121 Å². The number of hydrogen-bond acceptors (Lipinski definition) is 19. The van der Waals surface area contributed by atoms with Crippen LogP contribution in [0.15, 0.2) is 15.0 Å². The highest BCUT2D eigenvalue weighted by Crippen LogP contribution is 2.15. The lowest BCUT2D eigenvalue weighted by Crippen LogP contribution is -2.60. The normalized spacial score (nSPS) is 14.7. The van der Waals surface area contributed by atoms with E-state index in [1.807, 2.05) is 0 Å². The summed E-state index contributed by atoms with van der Waals surface area (Å²) in [5.41, 5.74) is 56.0. The van der Waals surface area contributed by atoms with Crippen LogP contribution in [0.4, 0.5) is 0 Å². The van der Waals surface area contributed by atoms with Gasteiger partial charge in [0.05, 0.1) is 6.54 Å². The van der Waals surface area contributed by atoms with Crippen molar-refractivity contribution in [2.75, 3.05) is 45.8 Å². The van der Waals surface area contributed by atoms with E-state index >= 15 is 0 Å². The smallest absolute Gasteiger partial charge is 0.325 e. The molecule has 0 radical (unpaired) electrons.